The molecule has 0 amide bonds. The number of hydrogen-bond acceptors (Lipinski definition) is 2. The van der Waals surface area contributed by atoms with E-state index in [1.807, 2.05) is 11.3 Å². The van der Waals surface area contributed by atoms with Gasteiger partial charge in [0.15, 0.2) is 0 Å². The average Bonchev–Trinajstić information content (AvgIpc) is 3.82. The van der Waals surface area contributed by atoms with Crippen LogP contribution in [0.5, 0.6) is 0 Å². The second-order valence-electron chi connectivity index (χ2n) is 15.2. The molecule has 8 aromatic carbocycles. The lowest BCUT2D eigenvalue weighted by molar-refractivity contribution is 0.660. The molecule has 0 saturated carbocycles. The fraction of sp³-hybridized carbons (Fsp3) is 0.0769. The van der Waals surface area contributed by atoms with E-state index in [9.17, 15) is 0 Å². The zero-order chi connectivity index (χ0) is 36.0. The lowest BCUT2D eigenvalue weighted by Gasteiger charge is -2.33. The molecule has 2 aliphatic carbocycles. The Morgan fingerprint density at radius 3 is 1.67 bits per heavy atom. The van der Waals surface area contributed by atoms with Gasteiger partial charge in [-0.25, -0.2) is 0 Å². The van der Waals surface area contributed by atoms with E-state index in [-0.39, 0.29) is 5.41 Å². The molecular formula is C52H37NS. The Morgan fingerprint density at radius 2 is 0.963 bits per heavy atom. The van der Waals surface area contributed by atoms with Crippen molar-refractivity contribution in [1.82, 2.24) is 0 Å². The Hall–Kier alpha value is -6.22. The molecule has 0 saturated heterocycles. The van der Waals surface area contributed by atoms with E-state index in [1.165, 1.54) is 81.5 Å². The molecule has 0 atom stereocenters. The molecule has 0 N–H and O–H groups in total. The number of hydrogen-bond donors (Lipinski definition) is 0. The predicted octanol–water partition coefficient (Wildman–Crippen LogP) is 14.2. The van der Waals surface area contributed by atoms with Crippen molar-refractivity contribution in [3.8, 4) is 22.3 Å². The summed E-state index contributed by atoms with van der Waals surface area (Å²) < 4.78 is 2.59. The zero-order valence-corrected chi connectivity index (χ0v) is 31.1. The molecule has 0 aliphatic heterocycles. The van der Waals surface area contributed by atoms with Crippen molar-refractivity contribution in [3.05, 3.63) is 221 Å². The maximum absolute atomic E-state index is 2.48. The van der Waals surface area contributed by atoms with Gasteiger partial charge in [-0.2, -0.15) is 0 Å². The fourth-order valence-electron chi connectivity index (χ4n) is 9.78. The van der Waals surface area contributed by atoms with Gasteiger partial charge >= 0.3 is 0 Å². The van der Waals surface area contributed by atoms with E-state index < -0.39 is 5.41 Å². The van der Waals surface area contributed by atoms with Gasteiger partial charge in [-0.15, -0.1) is 11.3 Å². The maximum atomic E-state index is 2.48. The average molecular weight is 708 g/mol. The van der Waals surface area contributed by atoms with Crippen LogP contribution in [0.4, 0.5) is 17.1 Å². The number of nitrogens with zero attached hydrogens (tertiary/aromatic N) is 1. The Bertz CT molecular complexity index is 2870. The summed E-state index contributed by atoms with van der Waals surface area (Å²) in [5, 5.41) is 2.60. The van der Waals surface area contributed by atoms with E-state index >= 15 is 0 Å². The summed E-state index contributed by atoms with van der Waals surface area (Å²) in [5.74, 6) is 0. The lowest BCUT2D eigenvalue weighted by Crippen LogP contribution is -2.28. The van der Waals surface area contributed by atoms with Crippen molar-refractivity contribution in [1.29, 1.82) is 0 Å². The van der Waals surface area contributed by atoms with Gasteiger partial charge < -0.3 is 4.90 Å². The SMILES string of the molecule is CC1(C)c2ccccc2-c2c(N(c3ccccc3)c3ccc4c(c3)sc3cc(C5(c6ccccc6)c6ccccc6-c6ccccc65)ccc34)cccc21. The molecule has 1 nitrogen and oxygen atoms in total. The first-order valence-corrected chi connectivity index (χ1v) is 19.7. The van der Waals surface area contributed by atoms with Crippen LogP contribution >= 0.6 is 11.3 Å². The summed E-state index contributed by atoms with van der Waals surface area (Å²) in [6.45, 7) is 4.72. The van der Waals surface area contributed by atoms with Gasteiger partial charge in [0.2, 0.25) is 0 Å². The molecule has 2 aliphatic rings. The summed E-state index contributed by atoms with van der Waals surface area (Å²) in [4.78, 5) is 2.46. The number of fused-ring (bicyclic) bond motifs is 9. The summed E-state index contributed by atoms with van der Waals surface area (Å²) in [7, 11) is 0. The van der Waals surface area contributed by atoms with Crippen molar-refractivity contribution >= 4 is 48.6 Å². The van der Waals surface area contributed by atoms with Crippen LogP contribution in [0.15, 0.2) is 188 Å². The number of para-hydroxylation sites is 1. The maximum Gasteiger partial charge on any atom is 0.0714 e. The molecule has 0 unspecified atom stereocenters. The highest BCUT2D eigenvalue weighted by Gasteiger charge is 2.46. The molecular weight excluding hydrogens is 671 g/mol. The smallest absolute Gasteiger partial charge is 0.0714 e. The minimum absolute atomic E-state index is 0.0745. The van der Waals surface area contributed by atoms with Gasteiger partial charge in [0.1, 0.15) is 0 Å². The van der Waals surface area contributed by atoms with Gasteiger partial charge in [-0.05, 0) is 86.5 Å². The van der Waals surface area contributed by atoms with Crippen LogP contribution in [0, 0.1) is 0 Å². The highest BCUT2D eigenvalue weighted by atomic mass is 32.1. The summed E-state index contributed by atoms with van der Waals surface area (Å²) in [6.07, 6.45) is 0. The Morgan fingerprint density at radius 1 is 0.407 bits per heavy atom. The van der Waals surface area contributed by atoms with Crippen molar-refractivity contribution in [3.63, 3.8) is 0 Å². The second kappa shape index (κ2) is 11.6. The topological polar surface area (TPSA) is 3.24 Å². The second-order valence-corrected chi connectivity index (χ2v) is 16.3. The Kier molecular flexibility index (Phi) is 6.75. The largest absolute Gasteiger partial charge is 0.310 e. The molecule has 1 aromatic heterocycles. The van der Waals surface area contributed by atoms with Crippen LogP contribution in [-0.4, -0.2) is 0 Å². The van der Waals surface area contributed by atoms with Crippen LogP contribution in [0.3, 0.4) is 0 Å². The highest BCUT2D eigenvalue weighted by molar-refractivity contribution is 7.25. The standard InChI is InChI=1S/C52H37NS/c1-51(2)43-23-12-11-22-42(43)50-46(51)26-15-27-47(50)53(36-18-7-4-8-19-36)37-29-31-41-40-30-28-35(32-48(40)54-49(41)33-37)52(34-16-5-3-6-17-34)44-24-13-9-20-38(44)39-21-10-14-25-45(39)52/h3-33H,1-2H3. The van der Waals surface area contributed by atoms with Gasteiger partial charge in [-0.1, -0.05) is 166 Å². The molecule has 9 aromatic rings. The molecule has 0 bridgehead atoms. The van der Waals surface area contributed by atoms with Gasteiger partial charge in [0, 0.05) is 42.5 Å². The van der Waals surface area contributed by atoms with Crippen LogP contribution < -0.4 is 4.90 Å². The van der Waals surface area contributed by atoms with Crippen LogP contribution in [0.2, 0.25) is 0 Å². The van der Waals surface area contributed by atoms with Crippen LogP contribution in [0.25, 0.3) is 42.4 Å². The van der Waals surface area contributed by atoms with E-state index in [2.05, 4.69) is 207 Å². The molecule has 2 heteroatoms. The third kappa shape index (κ3) is 4.26. The molecule has 11 rings (SSSR count). The van der Waals surface area contributed by atoms with Crippen molar-refractivity contribution in [2.45, 2.75) is 24.7 Å². The van der Waals surface area contributed by atoms with E-state index in [1.54, 1.807) is 0 Å². The van der Waals surface area contributed by atoms with Crippen molar-refractivity contribution in [2.75, 3.05) is 4.90 Å². The first-order valence-electron chi connectivity index (χ1n) is 18.9. The monoisotopic (exact) mass is 707 g/mol. The first-order chi connectivity index (χ1) is 26.5. The normalized spacial score (nSPS) is 14.4. The quantitative estimate of drug-likeness (QED) is 0.172. The minimum atomic E-state index is -0.411. The highest BCUT2D eigenvalue weighted by Crippen LogP contribution is 2.57. The number of benzene rings is 8. The minimum Gasteiger partial charge on any atom is -0.310 e. The van der Waals surface area contributed by atoms with Gasteiger partial charge in [0.25, 0.3) is 0 Å². The van der Waals surface area contributed by atoms with Crippen LogP contribution in [-0.2, 0) is 10.8 Å². The molecule has 54 heavy (non-hydrogen) atoms. The lowest BCUT2D eigenvalue weighted by atomic mass is 9.67. The Balaban J connectivity index is 1.11. The molecule has 0 radical (unpaired) electrons. The summed E-state index contributed by atoms with van der Waals surface area (Å²) >= 11 is 1.90. The summed E-state index contributed by atoms with van der Waals surface area (Å²) in [6, 6.07) is 70.0. The van der Waals surface area contributed by atoms with Crippen molar-refractivity contribution in [2.24, 2.45) is 0 Å². The van der Waals surface area contributed by atoms with Crippen LogP contribution in [0.1, 0.15) is 47.2 Å². The number of anilines is 3. The Labute approximate surface area is 320 Å². The molecule has 0 fully saturated rings. The van der Waals surface area contributed by atoms with E-state index in [0.717, 1.165) is 11.4 Å². The van der Waals surface area contributed by atoms with E-state index in [4.69, 9.17) is 0 Å². The first kappa shape index (κ1) is 31.3. The predicted molar refractivity (Wildman–Crippen MR) is 229 cm³/mol. The third-order valence-electron chi connectivity index (χ3n) is 12.1. The summed E-state index contributed by atoms with van der Waals surface area (Å²) in [5.41, 5.74) is 16.4. The molecule has 256 valence electrons. The zero-order valence-electron chi connectivity index (χ0n) is 30.3. The van der Waals surface area contributed by atoms with Gasteiger partial charge in [0.05, 0.1) is 11.1 Å². The molecule has 0 spiro atoms. The fourth-order valence-corrected chi connectivity index (χ4v) is 11.0. The number of rotatable bonds is 5. The molecule has 1 heterocycles. The number of thiophene rings is 1. The van der Waals surface area contributed by atoms with E-state index in [0.29, 0.717) is 0 Å². The van der Waals surface area contributed by atoms with Gasteiger partial charge in [-0.3, -0.25) is 0 Å². The van der Waals surface area contributed by atoms with Crippen molar-refractivity contribution < 1.29 is 0 Å². The third-order valence-corrected chi connectivity index (χ3v) is 13.3.